The fourth-order valence-corrected chi connectivity index (χ4v) is 3.47. The molecule has 7 heteroatoms. The third-order valence-electron chi connectivity index (χ3n) is 4.70. The SMILES string of the molecule is CC1CN(Cc2ccccc2)CCN1C(=O)CC1COCCN1.Cl.Cl. The predicted molar refractivity (Wildman–Crippen MR) is 105 cm³/mol. The summed E-state index contributed by atoms with van der Waals surface area (Å²) in [6.07, 6.45) is 0.545. The van der Waals surface area contributed by atoms with Crippen LogP contribution in [0.3, 0.4) is 0 Å². The van der Waals surface area contributed by atoms with Gasteiger partial charge in [0.05, 0.1) is 13.2 Å². The predicted octanol–water partition coefficient (Wildman–Crippen LogP) is 1.94. The van der Waals surface area contributed by atoms with Crippen molar-refractivity contribution in [3.05, 3.63) is 35.9 Å². The Labute approximate surface area is 162 Å². The molecule has 0 aromatic heterocycles. The molecule has 1 aromatic carbocycles. The Morgan fingerprint density at radius 1 is 1.24 bits per heavy atom. The smallest absolute Gasteiger partial charge is 0.224 e. The Bertz CT molecular complexity index is 512. The molecule has 0 spiro atoms. The first kappa shape index (κ1) is 22.2. The van der Waals surface area contributed by atoms with Crippen molar-refractivity contribution in [3.8, 4) is 0 Å². The van der Waals surface area contributed by atoms with Crippen LogP contribution in [0, 0.1) is 0 Å². The average Bonchev–Trinajstić information content (AvgIpc) is 2.57. The monoisotopic (exact) mass is 389 g/mol. The lowest BCUT2D eigenvalue weighted by Crippen LogP contribution is -2.55. The second-order valence-electron chi connectivity index (χ2n) is 6.59. The molecule has 0 radical (unpaired) electrons. The van der Waals surface area contributed by atoms with Gasteiger partial charge in [-0.25, -0.2) is 0 Å². The first-order valence-corrected chi connectivity index (χ1v) is 8.59. The van der Waals surface area contributed by atoms with E-state index < -0.39 is 0 Å². The molecule has 5 nitrogen and oxygen atoms in total. The minimum Gasteiger partial charge on any atom is -0.378 e. The molecular weight excluding hydrogens is 361 g/mol. The minimum absolute atomic E-state index is 0. The molecule has 1 N–H and O–H groups in total. The van der Waals surface area contributed by atoms with E-state index in [2.05, 4.69) is 41.4 Å². The normalized spacial score (nSPS) is 24.1. The summed E-state index contributed by atoms with van der Waals surface area (Å²) in [7, 11) is 0. The molecule has 0 bridgehead atoms. The Morgan fingerprint density at radius 2 is 2.00 bits per heavy atom. The van der Waals surface area contributed by atoms with Gasteiger partial charge in [0.1, 0.15) is 0 Å². The Morgan fingerprint density at radius 3 is 2.64 bits per heavy atom. The summed E-state index contributed by atoms with van der Waals surface area (Å²) < 4.78 is 5.44. The quantitative estimate of drug-likeness (QED) is 0.854. The molecule has 142 valence electrons. The van der Waals surface area contributed by atoms with E-state index in [0.29, 0.717) is 13.0 Å². The summed E-state index contributed by atoms with van der Waals surface area (Å²) in [6, 6.07) is 11.0. The van der Waals surface area contributed by atoms with Crippen LogP contribution in [0.1, 0.15) is 18.9 Å². The van der Waals surface area contributed by atoms with Gasteiger partial charge in [0.25, 0.3) is 0 Å². The van der Waals surface area contributed by atoms with Crippen molar-refractivity contribution in [1.82, 2.24) is 15.1 Å². The van der Waals surface area contributed by atoms with Crippen LogP contribution >= 0.6 is 24.8 Å². The number of amides is 1. The topological polar surface area (TPSA) is 44.8 Å². The highest BCUT2D eigenvalue weighted by Crippen LogP contribution is 2.15. The maximum absolute atomic E-state index is 12.6. The van der Waals surface area contributed by atoms with Crippen molar-refractivity contribution in [1.29, 1.82) is 0 Å². The Hall–Kier alpha value is -0.850. The van der Waals surface area contributed by atoms with Crippen LogP contribution < -0.4 is 5.32 Å². The van der Waals surface area contributed by atoms with E-state index >= 15 is 0 Å². The molecule has 1 amide bonds. The fraction of sp³-hybridized carbons (Fsp3) is 0.611. The van der Waals surface area contributed by atoms with Gasteiger partial charge in [-0.1, -0.05) is 30.3 Å². The van der Waals surface area contributed by atoms with Crippen molar-refractivity contribution >= 4 is 30.7 Å². The van der Waals surface area contributed by atoms with Gasteiger partial charge < -0.3 is 15.0 Å². The van der Waals surface area contributed by atoms with Gasteiger partial charge in [-0.05, 0) is 12.5 Å². The summed E-state index contributed by atoms with van der Waals surface area (Å²) >= 11 is 0. The van der Waals surface area contributed by atoms with E-state index in [0.717, 1.165) is 39.3 Å². The highest BCUT2D eigenvalue weighted by molar-refractivity contribution is 5.85. The molecule has 25 heavy (non-hydrogen) atoms. The molecule has 2 aliphatic heterocycles. The zero-order valence-electron chi connectivity index (χ0n) is 14.7. The first-order valence-electron chi connectivity index (χ1n) is 8.59. The lowest BCUT2D eigenvalue weighted by Gasteiger charge is -2.40. The molecular formula is C18H29Cl2N3O2. The number of hydrogen-bond donors (Lipinski definition) is 1. The molecule has 2 aliphatic rings. The van der Waals surface area contributed by atoms with Crippen LogP contribution in [0.25, 0.3) is 0 Å². The minimum atomic E-state index is 0. The molecule has 2 saturated heterocycles. The molecule has 3 rings (SSSR count). The van der Waals surface area contributed by atoms with Crippen LogP contribution in [-0.4, -0.2) is 67.2 Å². The van der Waals surface area contributed by atoms with E-state index in [1.54, 1.807) is 0 Å². The number of carbonyl (C=O) groups is 1. The Kier molecular flexibility index (Phi) is 9.75. The standard InChI is InChI=1S/C18H27N3O2.2ClH/c1-15-12-20(13-16-5-3-2-4-6-16)8-9-21(15)18(22)11-17-14-23-10-7-19-17;;/h2-6,15,17,19H,7-14H2,1H3;2*1H. The van der Waals surface area contributed by atoms with E-state index in [9.17, 15) is 4.79 Å². The van der Waals surface area contributed by atoms with E-state index in [1.807, 2.05) is 11.0 Å². The van der Waals surface area contributed by atoms with Gasteiger partial charge in [0.15, 0.2) is 0 Å². The number of hydrogen-bond acceptors (Lipinski definition) is 4. The van der Waals surface area contributed by atoms with Crippen LogP contribution in [0.5, 0.6) is 0 Å². The number of ether oxygens (including phenoxy) is 1. The first-order chi connectivity index (χ1) is 11.2. The highest BCUT2D eigenvalue weighted by atomic mass is 35.5. The van der Waals surface area contributed by atoms with Gasteiger partial charge in [-0.3, -0.25) is 9.69 Å². The number of nitrogens with one attached hydrogen (secondary N) is 1. The zero-order valence-corrected chi connectivity index (χ0v) is 16.4. The molecule has 0 saturated carbocycles. The van der Waals surface area contributed by atoms with Crippen molar-refractivity contribution < 1.29 is 9.53 Å². The van der Waals surface area contributed by atoms with Crippen LogP contribution in [-0.2, 0) is 16.1 Å². The van der Waals surface area contributed by atoms with E-state index in [1.165, 1.54) is 5.56 Å². The number of nitrogens with zero attached hydrogens (tertiary/aromatic N) is 2. The van der Waals surface area contributed by atoms with Crippen molar-refractivity contribution in [2.45, 2.75) is 32.0 Å². The molecule has 2 atom stereocenters. The second-order valence-corrected chi connectivity index (χ2v) is 6.59. The summed E-state index contributed by atoms with van der Waals surface area (Å²) in [6.45, 7) is 8.06. The number of benzene rings is 1. The molecule has 0 aliphatic carbocycles. The van der Waals surface area contributed by atoms with E-state index in [-0.39, 0.29) is 42.8 Å². The molecule has 1 aromatic rings. The average molecular weight is 390 g/mol. The van der Waals surface area contributed by atoms with E-state index in [4.69, 9.17) is 4.74 Å². The summed E-state index contributed by atoms with van der Waals surface area (Å²) in [5.74, 6) is 0.250. The lowest BCUT2D eigenvalue weighted by atomic mass is 10.1. The second kappa shape index (κ2) is 11.0. The maximum Gasteiger partial charge on any atom is 0.224 e. The van der Waals surface area contributed by atoms with Crippen molar-refractivity contribution in [3.63, 3.8) is 0 Å². The lowest BCUT2D eigenvalue weighted by molar-refractivity contribution is -0.137. The van der Waals surface area contributed by atoms with Crippen molar-refractivity contribution in [2.24, 2.45) is 0 Å². The maximum atomic E-state index is 12.6. The van der Waals surface area contributed by atoms with Gasteiger partial charge in [0, 0.05) is 51.2 Å². The third kappa shape index (κ3) is 6.42. The summed E-state index contributed by atoms with van der Waals surface area (Å²) in [5.41, 5.74) is 1.34. The number of rotatable bonds is 4. The molecule has 2 heterocycles. The number of halogens is 2. The highest BCUT2D eigenvalue weighted by Gasteiger charge is 2.29. The number of carbonyl (C=O) groups excluding carboxylic acids is 1. The summed E-state index contributed by atoms with van der Waals surface area (Å²) in [4.78, 5) is 17.0. The number of piperazine rings is 1. The third-order valence-corrected chi connectivity index (χ3v) is 4.70. The van der Waals surface area contributed by atoms with Gasteiger partial charge in [-0.2, -0.15) is 0 Å². The van der Waals surface area contributed by atoms with Gasteiger partial charge in [0.2, 0.25) is 5.91 Å². The fourth-order valence-electron chi connectivity index (χ4n) is 3.47. The number of morpholine rings is 1. The van der Waals surface area contributed by atoms with Crippen LogP contribution in [0.2, 0.25) is 0 Å². The molecule has 2 unspecified atom stereocenters. The van der Waals surface area contributed by atoms with Gasteiger partial charge >= 0.3 is 0 Å². The largest absolute Gasteiger partial charge is 0.378 e. The zero-order chi connectivity index (χ0) is 16.1. The molecule has 2 fully saturated rings. The van der Waals surface area contributed by atoms with Crippen LogP contribution in [0.15, 0.2) is 30.3 Å². The van der Waals surface area contributed by atoms with Crippen LogP contribution in [0.4, 0.5) is 0 Å². The summed E-state index contributed by atoms with van der Waals surface area (Å²) in [5, 5.41) is 3.36. The van der Waals surface area contributed by atoms with Crippen molar-refractivity contribution in [2.75, 3.05) is 39.4 Å². The Balaban J connectivity index is 0.00000156. The van der Waals surface area contributed by atoms with Gasteiger partial charge in [-0.15, -0.1) is 24.8 Å².